The van der Waals surface area contributed by atoms with Crippen molar-refractivity contribution in [1.29, 1.82) is 0 Å². The summed E-state index contributed by atoms with van der Waals surface area (Å²) >= 11 is 0. The molecule has 0 aliphatic carbocycles. The second-order valence-corrected chi connectivity index (χ2v) is 5.24. The SMILES string of the molecule is COc1c2n(C)ccc3c-2n(c(=O)c1=O)c1ccc(O)cc31. The number of ether oxygens (including phenoxy) is 1. The molecule has 0 amide bonds. The van der Waals surface area contributed by atoms with Gasteiger partial charge < -0.3 is 14.4 Å². The topological polar surface area (TPSA) is 72.9 Å². The summed E-state index contributed by atoms with van der Waals surface area (Å²) in [4.78, 5) is 24.8. The molecule has 2 aliphatic heterocycles. The summed E-state index contributed by atoms with van der Waals surface area (Å²) in [6.45, 7) is 0. The van der Waals surface area contributed by atoms with Gasteiger partial charge >= 0.3 is 5.56 Å². The fourth-order valence-corrected chi connectivity index (χ4v) is 3.11. The summed E-state index contributed by atoms with van der Waals surface area (Å²) in [7, 11) is 3.17. The van der Waals surface area contributed by atoms with Crippen LogP contribution in [0.25, 0.3) is 27.7 Å². The molecule has 0 saturated carbocycles. The van der Waals surface area contributed by atoms with Crippen molar-refractivity contribution in [3.8, 4) is 22.9 Å². The number of methoxy groups -OCH3 is 1. The molecule has 2 aliphatic rings. The van der Waals surface area contributed by atoms with Gasteiger partial charge in [-0.3, -0.25) is 14.0 Å². The van der Waals surface area contributed by atoms with Crippen molar-refractivity contribution >= 4 is 16.3 Å². The van der Waals surface area contributed by atoms with Crippen LogP contribution in [-0.4, -0.2) is 21.2 Å². The normalized spacial score (nSPS) is 11.7. The number of nitrogens with zero attached hydrogens (tertiary/aromatic N) is 2. The summed E-state index contributed by atoms with van der Waals surface area (Å²) in [6, 6.07) is 6.58. The van der Waals surface area contributed by atoms with Gasteiger partial charge in [0.15, 0.2) is 5.75 Å². The van der Waals surface area contributed by atoms with E-state index < -0.39 is 11.0 Å². The van der Waals surface area contributed by atoms with Crippen LogP contribution in [0.5, 0.6) is 11.5 Å². The second kappa shape index (κ2) is 4.00. The quantitative estimate of drug-likeness (QED) is 0.539. The molecule has 1 N–H and O–H groups in total. The number of phenols is 1. The van der Waals surface area contributed by atoms with Crippen LogP contribution in [0.2, 0.25) is 0 Å². The van der Waals surface area contributed by atoms with Crippen molar-refractivity contribution in [3.63, 3.8) is 0 Å². The minimum atomic E-state index is -0.677. The first kappa shape index (κ1) is 12.7. The van der Waals surface area contributed by atoms with Crippen LogP contribution in [-0.2, 0) is 7.05 Å². The van der Waals surface area contributed by atoms with Gasteiger partial charge in [-0.05, 0) is 24.3 Å². The Morgan fingerprint density at radius 3 is 2.59 bits per heavy atom. The highest BCUT2D eigenvalue weighted by molar-refractivity contribution is 6.07. The molecule has 6 nitrogen and oxygen atoms in total. The van der Waals surface area contributed by atoms with Crippen LogP contribution >= 0.6 is 0 Å². The van der Waals surface area contributed by atoms with Crippen LogP contribution in [0.3, 0.4) is 0 Å². The molecular formula is C16H12N2O4. The first-order valence-electron chi connectivity index (χ1n) is 6.70. The smallest absolute Gasteiger partial charge is 0.307 e. The summed E-state index contributed by atoms with van der Waals surface area (Å²) in [5, 5.41) is 11.2. The van der Waals surface area contributed by atoms with Crippen molar-refractivity contribution in [2.45, 2.75) is 0 Å². The van der Waals surface area contributed by atoms with Gasteiger partial charge in [-0.1, -0.05) is 0 Å². The molecule has 22 heavy (non-hydrogen) atoms. The van der Waals surface area contributed by atoms with E-state index in [1.807, 2.05) is 6.07 Å². The fourth-order valence-electron chi connectivity index (χ4n) is 3.11. The number of fused-ring (bicyclic) bond motifs is 3. The van der Waals surface area contributed by atoms with Gasteiger partial charge in [0, 0.05) is 24.0 Å². The summed E-state index contributed by atoms with van der Waals surface area (Å²) in [5.74, 6) is 0.146. The largest absolute Gasteiger partial charge is 0.508 e. The van der Waals surface area contributed by atoms with E-state index in [0.717, 1.165) is 10.8 Å². The second-order valence-electron chi connectivity index (χ2n) is 5.24. The average molecular weight is 296 g/mol. The zero-order valence-electron chi connectivity index (χ0n) is 12.0. The van der Waals surface area contributed by atoms with Crippen LogP contribution < -0.4 is 15.7 Å². The number of rotatable bonds is 1. The van der Waals surface area contributed by atoms with Crippen LogP contribution in [0.4, 0.5) is 0 Å². The number of hydrogen-bond donors (Lipinski definition) is 1. The molecule has 6 heteroatoms. The van der Waals surface area contributed by atoms with E-state index in [1.165, 1.54) is 17.6 Å². The highest BCUT2D eigenvalue weighted by atomic mass is 16.5. The van der Waals surface area contributed by atoms with Crippen LogP contribution in [0.1, 0.15) is 0 Å². The molecule has 0 atom stereocenters. The zero-order valence-corrected chi connectivity index (χ0v) is 12.0. The third-order valence-corrected chi connectivity index (χ3v) is 4.05. The van der Waals surface area contributed by atoms with Gasteiger partial charge in [0.25, 0.3) is 5.43 Å². The van der Waals surface area contributed by atoms with E-state index in [4.69, 9.17) is 4.74 Å². The third-order valence-electron chi connectivity index (χ3n) is 4.05. The Morgan fingerprint density at radius 1 is 1.09 bits per heavy atom. The van der Waals surface area contributed by atoms with E-state index in [-0.39, 0.29) is 11.5 Å². The highest BCUT2D eigenvalue weighted by Crippen LogP contribution is 2.38. The monoisotopic (exact) mass is 296 g/mol. The Balaban J connectivity index is 2.45. The Bertz CT molecular complexity index is 1120. The lowest BCUT2D eigenvalue weighted by molar-refractivity contribution is 0.407. The minimum absolute atomic E-state index is 0.0395. The number of aryl methyl sites for hydroxylation is 1. The summed E-state index contributed by atoms with van der Waals surface area (Å²) < 4.78 is 8.33. The lowest BCUT2D eigenvalue weighted by atomic mass is 10.1. The molecule has 0 radical (unpaired) electrons. The number of benzene rings is 1. The van der Waals surface area contributed by atoms with Gasteiger partial charge in [-0.25, -0.2) is 0 Å². The molecule has 0 saturated heterocycles. The lowest BCUT2D eigenvalue weighted by Crippen LogP contribution is -2.33. The average Bonchev–Trinajstić information content (AvgIpc) is 2.82. The zero-order chi connectivity index (χ0) is 15.6. The van der Waals surface area contributed by atoms with Crippen LogP contribution in [0.15, 0.2) is 40.1 Å². The number of hydrogen-bond acceptors (Lipinski definition) is 4. The molecule has 2 aromatic rings. The lowest BCUT2D eigenvalue weighted by Gasteiger charge is -2.15. The van der Waals surface area contributed by atoms with Crippen LogP contribution in [0, 0.1) is 0 Å². The fraction of sp³-hybridized carbons (Fsp3) is 0.125. The van der Waals surface area contributed by atoms with Gasteiger partial charge in [0.1, 0.15) is 11.4 Å². The highest BCUT2D eigenvalue weighted by Gasteiger charge is 2.26. The van der Waals surface area contributed by atoms with Gasteiger partial charge in [0.05, 0.1) is 18.3 Å². The Labute approximate surface area is 124 Å². The molecule has 0 bridgehead atoms. The van der Waals surface area contributed by atoms with Gasteiger partial charge in [0.2, 0.25) is 0 Å². The Kier molecular flexibility index (Phi) is 2.31. The van der Waals surface area contributed by atoms with E-state index in [0.29, 0.717) is 16.9 Å². The molecule has 0 fully saturated rings. The van der Waals surface area contributed by atoms with E-state index in [9.17, 15) is 14.7 Å². The van der Waals surface area contributed by atoms with Crippen molar-refractivity contribution < 1.29 is 9.84 Å². The van der Waals surface area contributed by atoms with Crippen molar-refractivity contribution in [2.24, 2.45) is 7.05 Å². The van der Waals surface area contributed by atoms with Gasteiger partial charge in [-0.2, -0.15) is 0 Å². The Morgan fingerprint density at radius 2 is 1.86 bits per heavy atom. The first-order chi connectivity index (χ1) is 10.5. The maximum absolute atomic E-state index is 12.5. The third kappa shape index (κ3) is 1.34. The predicted octanol–water partition coefficient (Wildman–Crippen LogP) is 1.41. The molecule has 1 aromatic carbocycles. The van der Waals surface area contributed by atoms with Crippen molar-refractivity contribution in [2.75, 3.05) is 7.11 Å². The minimum Gasteiger partial charge on any atom is -0.508 e. The molecule has 4 rings (SSSR count). The number of aromatic nitrogens is 2. The summed E-state index contributed by atoms with van der Waals surface area (Å²) in [5.41, 5.74) is 0.436. The summed E-state index contributed by atoms with van der Waals surface area (Å²) in [6.07, 6.45) is 1.80. The standard InChI is InChI=1S/C16H12N2O4/c1-17-6-5-9-10-7-8(19)3-4-11(10)18-12(9)13(17)15(22-2)14(20)16(18)21/h3-7,19H,1-2H3. The molecular weight excluding hydrogens is 284 g/mol. The molecule has 3 heterocycles. The maximum atomic E-state index is 12.5. The molecule has 0 spiro atoms. The maximum Gasteiger partial charge on any atom is 0.307 e. The predicted molar refractivity (Wildman–Crippen MR) is 82.4 cm³/mol. The molecule has 0 unspecified atom stereocenters. The van der Waals surface area contributed by atoms with Crippen molar-refractivity contribution in [3.05, 3.63) is 51.0 Å². The number of aromatic hydroxyl groups is 1. The van der Waals surface area contributed by atoms with E-state index >= 15 is 0 Å². The molecule has 110 valence electrons. The van der Waals surface area contributed by atoms with E-state index in [1.54, 1.807) is 29.9 Å². The van der Waals surface area contributed by atoms with Crippen molar-refractivity contribution in [1.82, 2.24) is 8.97 Å². The van der Waals surface area contributed by atoms with E-state index in [2.05, 4.69) is 0 Å². The van der Waals surface area contributed by atoms with Gasteiger partial charge in [-0.15, -0.1) is 0 Å². The number of phenolic OH excluding ortho intramolecular Hbond substituents is 1. The first-order valence-corrected chi connectivity index (χ1v) is 6.70. The number of pyridine rings is 2. The Hall–Kier alpha value is -3.02. The molecule has 1 aromatic heterocycles.